The maximum Gasteiger partial charge on any atom is 0.135 e. The average molecular weight is 832 g/mol. The zero-order valence-corrected chi connectivity index (χ0v) is 30.0. The summed E-state index contributed by atoms with van der Waals surface area (Å²) in [6.45, 7) is 6.71. The van der Waals surface area contributed by atoms with Crippen molar-refractivity contribution >= 4 is 80.6 Å². The molecule has 10 aromatic rings. The van der Waals surface area contributed by atoms with Crippen molar-refractivity contribution in [2.45, 2.75) is 26.2 Å². The standard InChI is InChI=1S/C42H28N4OS.Pt/c1-42(2,3)25-18-19-43-38(22-25)46-35-24-27(13-15-30(35)31-16-17-37-39(40(31)46)32-9-5-7-11-36(32)48-37)47-26-12-14-28-29-8-4-6-10-34(29)45-21-20-44-41(45)33(28)23-26;/h4-22H,1-3H3;/q-2;. The van der Waals surface area contributed by atoms with E-state index in [0.717, 1.165) is 54.9 Å². The largest absolute Gasteiger partial charge is 0.503 e. The van der Waals surface area contributed by atoms with Crippen molar-refractivity contribution in [2.75, 3.05) is 0 Å². The molecule has 5 nitrogen and oxygen atoms in total. The molecule has 0 unspecified atom stereocenters. The van der Waals surface area contributed by atoms with Gasteiger partial charge in [0.1, 0.15) is 5.82 Å². The van der Waals surface area contributed by atoms with E-state index in [1.54, 1.807) is 0 Å². The topological polar surface area (TPSA) is 45.2 Å². The first-order valence-corrected chi connectivity index (χ1v) is 16.9. The molecule has 0 N–H and O–H groups in total. The number of hydrogen-bond donors (Lipinski definition) is 0. The molecule has 0 spiro atoms. The van der Waals surface area contributed by atoms with Crippen molar-refractivity contribution in [2.24, 2.45) is 0 Å². The summed E-state index contributed by atoms with van der Waals surface area (Å²) in [5, 5.41) is 7.91. The number of nitrogens with zero attached hydrogens (tertiary/aromatic N) is 4. The van der Waals surface area contributed by atoms with Gasteiger partial charge in [0.2, 0.25) is 0 Å². The number of ether oxygens (including phenoxy) is 1. The number of pyridine rings is 2. The van der Waals surface area contributed by atoms with Crippen LogP contribution in [0.25, 0.3) is 75.1 Å². The Morgan fingerprint density at radius 3 is 2.39 bits per heavy atom. The van der Waals surface area contributed by atoms with E-state index in [4.69, 9.17) is 9.72 Å². The Labute approximate surface area is 300 Å². The Balaban J connectivity index is 0.00000325. The molecule has 49 heavy (non-hydrogen) atoms. The van der Waals surface area contributed by atoms with Crippen LogP contribution in [0.1, 0.15) is 26.3 Å². The Kier molecular flexibility index (Phi) is 6.74. The molecule has 0 radical (unpaired) electrons. The van der Waals surface area contributed by atoms with Crippen molar-refractivity contribution in [3.63, 3.8) is 0 Å². The zero-order valence-electron chi connectivity index (χ0n) is 26.9. The minimum absolute atomic E-state index is 0. The van der Waals surface area contributed by atoms with Crippen molar-refractivity contribution < 1.29 is 30.2 Å². The number of rotatable bonds is 3. The monoisotopic (exact) mass is 831 g/mol. The zero-order chi connectivity index (χ0) is 32.1. The molecule has 0 bridgehead atoms. The number of benzene rings is 5. The van der Waals surface area contributed by atoms with Crippen LogP contribution in [0.2, 0.25) is 0 Å². The number of aromatic nitrogens is 4. The number of para-hydroxylation sites is 1. The van der Waals surface area contributed by atoms with E-state index in [-0.39, 0.29) is 26.5 Å². The van der Waals surface area contributed by atoms with E-state index in [0.29, 0.717) is 11.5 Å². The molecule has 5 aromatic carbocycles. The maximum absolute atomic E-state index is 6.56. The molecule has 0 amide bonds. The fraction of sp³-hybridized carbons (Fsp3) is 0.0952. The Morgan fingerprint density at radius 1 is 0.776 bits per heavy atom. The van der Waals surface area contributed by atoms with Crippen molar-refractivity contribution in [1.29, 1.82) is 0 Å². The Bertz CT molecular complexity index is 2930. The second-order valence-electron chi connectivity index (χ2n) is 13.4. The predicted octanol–water partition coefficient (Wildman–Crippen LogP) is 10.2. The van der Waals surface area contributed by atoms with Crippen molar-refractivity contribution in [3.05, 3.63) is 133 Å². The maximum atomic E-state index is 6.56. The SMILES string of the molecule is CC(C)(C)c1ccnc(-n2c3[c-]c(Oc4[c-]c5c(cc4)c4ccccc4[n+]4cc[n-]c54)ccc3c3ccc4sc5ccccc5c4c32)c1.[Pt]. The first-order chi connectivity index (χ1) is 23.4. The Morgan fingerprint density at radius 2 is 1.53 bits per heavy atom. The summed E-state index contributed by atoms with van der Waals surface area (Å²) in [5.41, 5.74) is 5.22. The summed E-state index contributed by atoms with van der Waals surface area (Å²) >= 11 is 1.83. The van der Waals surface area contributed by atoms with Crippen LogP contribution in [0.4, 0.5) is 0 Å². The van der Waals surface area contributed by atoms with Gasteiger partial charge in [-0.05, 0) is 52.1 Å². The van der Waals surface area contributed by atoms with Gasteiger partial charge in [-0.2, -0.15) is 6.07 Å². The normalized spacial score (nSPS) is 12.2. The van der Waals surface area contributed by atoms with Gasteiger partial charge in [0.05, 0.1) is 11.2 Å². The van der Waals surface area contributed by atoms with Crippen LogP contribution in [0.5, 0.6) is 11.5 Å². The molecule has 0 atom stereocenters. The molecule has 5 heterocycles. The van der Waals surface area contributed by atoms with Gasteiger partial charge in [-0.25, -0.2) is 4.98 Å². The molecule has 5 aromatic heterocycles. The van der Waals surface area contributed by atoms with E-state index in [2.05, 4.69) is 132 Å². The summed E-state index contributed by atoms with van der Waals surface area (Å²) in [6, 6.07) is 41.3. The number of hydrogen-bond acceptors (Lipinski definition) is 3. The molecule has 0 saturated heterocycles. The van der Waals surface area contributed by atoms with Gasteiger partial charge in [0.25, 0.3) is 0 Å². The second kappa shape index (κ2) is 11.0. The van der Waals surface area contributed by atoms with Crippen LogP contribution in [0, 0.1) is 12.1 Å². The van der Waals surface area contributed by atoms with Crippen LogP contribution in [0.15, 0.2) is 116 Å². The van der Waals surface area contributed by atoms with Gasteiger partial charge in [-0.3, -0.25) is 4.98 Å². The first-order valence-electron chi connectivity index (χ1n) is 16.1. The van der Waals surface area contributed by atoms with Crippen molar-refractivity contribution in [1.82, 2.24) is 14.5 Å². The van der Waals surface area contributed by atoms with Gasteiger partial charge < -0.3 is 13.7 Å². The molecule has 240 valence electrons. The molecular formula is C42H28N4OPtS-2. The van der Waals surface area contributed by atoms with E-state index >= 15 is 0 Å². The predicted molar refractivity (Wildman–Crippen MR) is 196 cm³/mol. The van der Waals surface area contributed by atoms with Crippen LogP contribution >= 0.6 is 11.3 Å². The summed E-state index contributed by atoms with van der Waals surface area (Å²) in [7, 11) is 0. The van der Waals surface area contributed by atoms with E-state index in [9.17, 15) is 0 Å². The molecule has 7 heteroatoms. The second-order valence-corrected chi connectivity index (χ2v) is 14.4. The number of fused-ring (bicyclic) bond motifs is 13. The van der Waals surface area contributed by atoms with Crippen LogP contribution in [-0.4, -0.2) is 9.55 Å². The molecule has 0 aliphatic rings. The minimum Gasteiger partial charge on any atom is -0.503 e. The smallest absolute Gasteiger partial charge is 0.135 e. The molecular weight excluding hydrogens is 804 g/mol. The third kappa shape index (κ3) is 4.54. The first kappa shape index (κ1) is 30.1. The summed E-state index contributed by atoms with van der Waals surface area (Å²) < 4.78 is 13.5. The van der Waals surface area contributed by atoms with Gasteiger partial charge in [0.15, 0.2) is 0 Å². The van der Waals surface area contributed by atoms with Crippen LogP contribution in [-0.2, 0) is 26.5 Å². The number of imidazole rings is 1. The minimum atomic E-state index is -0.0314. The van der Waals surface area contributed by atoms with Gasteiger partial charge in [0, 0.05) is 76.8 Å². The number of thiophene rings is 1. The summed E-state index contributed by atoms with van der Waals surface area (Å²) in [5.74, 6) is 2.09. The van der Waals surface area contributed by atoms with Crippen LogP contribution in [0.3, 0.4) is 0 Å². The molecule has 0 fully saturated rings. The summed E-state index contributed by atoms with van der Waals surface area (Å²) in [6.07, 6.45) is 5.75. The third-order valence-corrected chi connectivity index (χ3v) is 10.6. The molecule has 0 aliphatic heterocycles. The van der Waals surface area contributed by atoms with E-state index in [1.807, 2.05) is 42.1 Å². The quantitative estimate of drug-likeness (QED) is 0.101. The van der Waals surface area contributed by atoms with Gasteiger partial charge in [-0.1, -0.05) is 85.6 Å². The molecule has 0 aliphatic carbocycles. The fourth-order valence-corrected chi connectivity index (χ4v) is 8.27. The van der Waals surface area contributed by atoms with Gasteiger partial charge >= 0.3 is 0 Å². The van der Waals surface area contributed by atoms with Crippen LogP contribution < -0.4 is 14.1 Å². The summed E-state index contributed by atoms with van der Waals surface area (Å²) in [4.78, 5) is 9.63. The Hall–Kier alpha value is -5.03. The van der Waals surface area contributed by atoms with E-state index < -0.39 is 0 Å². The fourth-order valence-electron chi connectivity index (χ4n) is 7.16. The molecule has 0 saturated carbocycles. The average Bonchev–Trinajstić information content (AvgIpc) is 3.82. The molecule has 10 rings (SSSR count). The van der Waals surface area contributed by atoms with Crippen molar-refractivity contribution in [3.8, 4) is 17.3 Å². The van der Waals surface area contributed by atoms with Gasteiger partial charge in [-0.15, -0.1) is 41.0 Å². The third-order valence-electron chi connectivity index (χ3n) is 9.45. The van der Waals surface area contributed by atoms with E-state index in [1.165, 1.54) is 25.7 Å².